The number of carbonyl (C=O) groups excluding carboxylic acids is 3. The first-order valence-corrected chi connectivity index (χ1v) is 13.6. The number of hydrogen-bond donors (Lipinski definition) is 2. The molecule has 3 N–H and O–H groups in total. The highest BCUT2D eigenvalue weighted by atomic mass is 19.4. The Morgan fingerprint density at radius 2 is 1.50 bits per heavy atom. The van der Waals surface area contributed by atoms with E-state index in [2.05, 4.69) is 5.32 Å². The molecule has 0 saturated carbocycles. The summed E-state index contributed by atoms with van der Waals surface area (Å²) in [6.45, 7) is 0. The summed E-state index contributed by atoms with van der Waals surface area (Å²) < 4.78 is 92.5. The molecule has 0 saturated heterocycles. The summed E-state index contributed by atoms with van der Waals surface area (Å²) in [5.74, 6) is -1.42. The number of hydrogen-bond acceptors (Lipinski definition) is 4. The number of anilines is 2. The van der Waals surface area contributed by atoms with E-state index < -0.39 is 35.1 Å². The predicted molar refractivity (Wildman–Crippen MR) is 150 cm³/mol. The van der Waals surface area contributed by atoms with E-state index in [1.54, 1.807) is 6.07 Å². The second-order valence-electron chi connectivity index (χ2n) is 10.5. The van der Waals surface area contributed by atoms with Gasteiger partial charge >= 0.3 is 12.4 Å². The van der Waals surface area contributed by atoms with Gasteiger partial charge in [0.2, 0.25) is 5.91 Å². The predicted octanol–water partition coefficient (Wildman–Crippen LogP) is 7.97. The van der Waals surface area contributed by atoms with E-state index in [0.717, 1.165) is 12.1 Å². The first-order valence-electron chi connectivity index (χ1n) is 13.6. The number of nitrogen functional groups attached to an aromatic ring is 1. The Morgan fingerprint density at radius 3 is 2.14 bits per heavy atom. The number of aryl methyl sites for hydroxylation is 1. The van der Waals surface area contributed by atoms with Crippen LogP contribution in [0.4, 0.5) is 42.1 Å². The molecule has 0 unspecified atom stereocenters. The average molecular weight is 621 g/mol. The van der Waals surface area contributed by atoms with Crippen molar-refractivity contribution in [3.8, 4) is 0 Å². The second-order valence-corrected chi connectivity index (χ2v) is 10.5. The Hall–Kier alpha value is -4.48. The molecule has 0 bridgehead atoms. The number of benzene rings is 3. The number of halogens is 7. The van der Waals surface area contributed by atoms with Gasteiger partial charge < -0.3 is 11.1 Å². The third-order valence-corrected chi connectivity index (χ3v) is 7.14. The molecule has 0 atom stereocenters. The van der Waals surface area contributed by atoms with Gasteiger partial charge in [0.25, 0.3) is 0 Å². The number of nitrogens with two attached hydrogens (primary N) is 1. The van der Waals surface area contributed by atoms with E-state index in [4.69, 9.17) is 5.73 Å². The van der Waals surface area contributed by atoms with Gasteiger partial charge in [0.05, 0.1) is 11.1 Å². The number of unbranched alkanes of at least 4 members (excludes halogenated alkanes) is 1. The van der Waals surface area contributed by atoms with Crippen LogP contribution in [-0.2, 0) is 34.8 Å². The lowest BCUT2D eigenvalue weighted by molar-refractivity contribution is -0.143. The van der Waals surface area contributed by atoms with Crippen LogP contribution in [0, 0.1) is 5.82 Å². The molecule has 12 heteroatoms. The minimum atomic E-state index is -5.00. The van der Waals surface area contributed by atoms with Crippen molar-refractivity contribution in [3.05, 3.63) is 99.4 Å². The standard InChI is InChI=1S/C32H27F7N2O3/c33-24-8-7-20(28(40)17-24)15-26(42)3-1-2-4-29(43)41-25-9-10-27-19(14-25)5-6-21(30(27)44)11-18-12-22(31(34,35)36)16-23(13-18)32(37,38)39/h7-14,16-17H,1-6,15,40H2,(H,41,43)/b21-11+. The zero-order chi connectivity index (χ0) is 32.2. The molecule has 0 aliphatic heterocycles. The van der Waals surface area contributed by atoms with Crippen molar-refractivity contribution in [3.63, 3.8) is 0 Å². The first-order chi connectivity index (χ1) is 20.6. The minimum absolute atomic E-state index is 0.0299. The van der Waals surface area contributed by atoms with E-state index in [1.807, 2.05) is 0 Å². The molecule has 5 nitrogen and oxygen atoms in total. The molecule has 0 aromatic heterocycles. The third kappa shape index (κ3) is 8.33. The van der Waals surface area contributed by atoms with Gasteiger partial charge in [0.1, 0.15) is 11.6 Å². The van der Waals surface area contributed by atoms with Gasteiger partial charge in [-0.15, -0.1) is 0 Å². The maximum atomic E-state index is 13.2. The van der Waals surface area contributed by atoms with Crippen molar-refractivity contribution in [1.82, 2.24) is 0 Å². The molecule has 0 spiro atoms. The summed E-state index contributed by atoms with van der Waals surface area (Å²) in [7, 11) is 0. The van der Waals surface area contributed by atoms with Crippen LogP contribution in [0.3, 0.4) is 0 Å². The van der Waals surface area contributed by atoms with Crippen molar-refractivity contribution in [1.29, 1.82) is 0 Å². The zero-order valence-corrected chi connectivity index (χ0v) is 23.2. The number of rotatable bonds is 9. The minimum Gasteiger partial charge on any atom is -0.398 e. The fraction of sp³-hybridized carbons (Fsp3) is 0.281. The molecule has 1 aliphatic rings. The van der Waals surface area contributed by atoms with E-state index >= 15 is 0 Å². The van der Waals surface area contributed by atoms with Crippen LogP contribution in [0.15, 0.2) is 60.2 Å². The monoisotopic (exact) mass is 620 g/mol. The highest BCUT2D eigenvalue weighted by molar-refractivity contribution is 6.13. The van der Waals surface area contributed by atoms with Crippen molar-refractivity contribution in [2.75, 3.05) is 11.1 Å². The lowest BCUT2D eigenvalue weighted by atomic mass is 9.85. The quantitative estimate of drug-likeness (QED) is 0.110. The average Bonchev–Trinajstić information content (AvgIpc) is 2.93. The smallest absolute Gasteiger partial charge is 0.398 e. The number of alkyl halides is 6. The van der Waals surface area contributed by atoms with Crippen molar-refractivity contribution in [2.24, 2.45) is 0 Å². The Bertz CT molecular complexity index is 1590. The largest absolute Gasteiger partial charge is 0.416 e. The fourth-order valence-electron chi connectivity index (χ4n) is 4.92. The summed E-state index contributed by atoms with van der Waals surface area (Å²) >= 11 is 0. The second kappa shape index (κ2) is 13.0. The van der Waals surface area contributed by atoms with Crippen LogP contribution in [0.25, 0.3) is 6.08 Å². The van der Waals surface area contributed by atoms with Crippen molar-refractivity contribution in [2.45, 2.75) is 57.3 Å². The SMILES string of the molecule is Nc1cc(F)ccc1CC(=O)CCCCC(=O)Nc1ccc2c(c1)CC/C(=C\c1cc(C(F)(F)F)cc(C(F)(F)F)c1)C2=O. The summed E-state index contributed by atoms with van der Waals surface area (Å²) in [6.07, 6.45) is -7.29. The fourth-order valence-corrected chi connectivity index (χ4v) is 4.92. The Kier molecular flexibility index (Phi) is 9.60. The molecule has 44 heavy (non-hydrogen) atoms. The third-order valence-electron chi connectivity index (χ3n) is 7.14. The molecule has 1 aliphatic carbocycles. The van der Waals surface area contributed by atoms with Gasteiger partial charge in [0.15, 0.2) is 5.78 Å². The van der Waals surface area contributed by atoms with Crippen LogP contribution in [0.2, 0.25) is 0 Å². The molecule has 4 rings (SSSR count). The lowest BCUT2D eigenvalue weighted by Crippen LogP contribution is -2.16. The van der Waals surface area contributed by atoms with E-state index in [-0.39, 0.29) is 72.2 Å². The summed E-state index contributed by atoms with van der Waals surface area (Å²) in [5, 5.41) is 2.72. The van der Waals surface area contributed by atoms with E-state index in [0.29, 0.717) is 41.8 Å². The van der Waals surface area contributed by atoms with Gasteiger partial charge in [-0.1, -0.05) is 6.07 Å². The van der Waals surface area contributed by atoms with Gasteiger partial charge in [-0.2, -0.15) is 26.3 Å². The number of Topliss-reactive ketones (excluding diaryl/α,β-unsaturated/α-hetero) is 2. The molecule has 0 heterocycles. The molecule has 232 valence electrons. The molecule has 3 aromatic rings. The Morgan fingerprint density at radius 1 is 0.841 bits per heavy atom. The van der Waals surface area contributed by atoms with Gasteiger partial charge in [-0.05, 0) is 97.0 Å². The number of ketones is 2. The highest BCUT2D eigenvalue weighted by Crippen LogP contribution is 2.37. The van der Waals surface area contributed by atoms with Gasteiger partial charge in [0, 0.05) is 41.8 Å². The van der Waals surface area contributed by atoms with Crippen LogP contribution >= 0.6 is 0 Å². The van der Waals surface area contributed by atoms with Crippen molar-refractivity contribution < 1.29 is 45.1 Å². The number of fused-ring (bicyclic) bond motifs is 1. The Balaban J connectivity index is 1.34. The molecule has 1 amide bonds. The maximum Gasteiger partial charge on any atom is 0.416 e. The highest BCUT2D eigenvalue weighted by Gasteiger charge is 2.37. The van der Waals surface area contributed by atoms with Crippen molar-refractivity contribution >= 4 is 34.9 Å². The molecule has 3 aromatic carbocycles. The van der Waals surface area contributed by atoms with Crippen LogP contribution in [0.1, 0.15) is 70.3 Å². The Labute approximate surface area is 247 Å². The van der Waals surface area contributed by atoms with Crippen LogP contribution in [-0.4, -0.2) is 17.5 Å². The summed E-state index contributed by atoms with van der Waals surface area (Å²) in [5.41, 5.74) is 4.45. The van der Waals surface area contributed by atoms with E-state index in [9.17, 15) is 45.1 Å². The number of nitrogens with one attached hydrogen (secondary N) is 1. The van der Waals surface area contributed by atoms with Crippen LogP contribution < -0.4 is 11.1 Å². The summed E-state index contributed by atoms with van der Waals surface area (Å²) in [6, 6.07) is 9.55. The number of amides is 1. The molecule has 0 radical (unpaired) electrons. The number of allylic oxidation sites excluding steroid dienone is 1. The lowest BCUT2D eigenvalue weighted by Gasteiger charge is -2.19. The topological polar surface area (TPSA) is 89.3 Å². The van der Waals surface area contributed by atoms with Gasteiger partial charge in [-0.3, -0.25) is 14.4 Å². The van der Waals surface area contributed by atoms with E-state index in [1.165, 1.54) is 24.3 Å². The van der Waals surface area contributed by atoms with Crippen LogP contribution in [0.5, 0.6) is 0 Å². The molecular weight excluding hydrogens is 593 g/mol. The maximum absolute atomic E-state index is 13.2. The zero-order valence-electron chi connectivity index (χ0n) is 23.2. The van der Waals surface area contributed by atoms with Gasteiger partial charge in [-0.25, -0.2) is 4.39 Å². The molecule has 0 fully saturated rings. The number of carbonyl (C=O) groups is 3. The first kappa shape index (κ1) is 32.4. The summed E-state index contributed by atoms with van der Waals surface area (Å²) in [4.78, 5) is 37.7. The molecular formula is C32H27F7N2O3. The normalized spacial score (nSPS) is 14.4.